The van der Waals surface area contributed by atoms with Crippen molar-refractivity contribution in [3.8, 4) is 0 Å². The Balaban J connectivity index is 1.96. The molecule has 0 bridgehead atoms. The van der Waals surface area contributed by atoms with Crippen molar-refractivity contribution in [2.45, 2.75) is 31.4 Å². The third kappa shape index (κ3) is 5.17. The number of hydrogen-bond acceptors (Lipinski definition) is 5. The Kier molecular flexibility index (Phi) is 6.93. The van der Waals surface area contributed by atoms with Crippen LogP contribution >= 0.6 is 0 Å². The third-order valence-electron chi connectivity index (χ3n) is 4.23. The minimum atomic E-state index is -3.57. The molecule has 2 aromatic rings. The Bertz CT molecular complexity index is 953. The summed E-state index contributed by atoms with van der Waals surface area (Å²) in [5.41, 5.74) is 2.16. The van der Waals surface area contributed by atoms with Gasteiger partial charge in [-0.15, -0.1) is 0 Å². The molecule has 1 N–H and O–H groups in total. The molecular formula is C20H24N2O5S. The molecule has 0 unspecified atom stereocenters. The number of esters is 1. The number of rotatable bonds is 7. The van der Waals surface area contributed by atoms with Crippen molar-refractivity contribution in [3.63, 3.8) is 0 Å². The van der Waals surface area contributed by atoms with Crippen molar-refractivity contribution >= 4 is 21.9 Å². The molecule has 0 aliphatic rings. The van der Waals surface area contributed by atoms with Gasteiger partial charge >= 0.3 is 5.97 Å². The van der Waals surface area contributed by atoms with E-state index < -0.39 is 27.9 Å². The van der Waals surface area contributed by atoms with E-state index in [1.54, 1.807) is 0 Å². The molecule has 0 fully saturated rings. The van der Waals surface area contributed by atoms with Gasteiger partial charge in [-0.25, -0.2) is 17.5 Å². The first-order valence-corrected chi connectivity index (χ1v) is 10.1. The fourth-order valence-corrected chi connectivity index (χ4v) is 3.28. The zero-order chi connectivity index (χ0) is 20.9. The number of aryl methyl sites for hydroxylation is 1. The highest BCUT2D eigenvalue weighted by molar-refractivity contribution is 7.89. The monoisotopic (exact) mass is 404 g/mol. The fourth-order valence-electron chi connectivity index (χ4n) is 2.37. The largest absolute Gasteiger partial charge is 0.459 e. The van der Waals surface area contributed by atoms with Crippen molar-refractivity contribution in [2.75, 3.05) is 14.1 Å². The Morgan fingerprint density at radius 2 is 1.68 bits per heavy atom. The summed E-state index contributed by atoms with van der Waals surface area (Å²) < 4.78 is 30.5. The van der Waals surface area contributed by atoms with Gasteiger partial charge in [-0.05, 0) is 49.2 Å². The highest BCUT2D eigenvalue weighted by Crippen LogP contribution is 2.14. The number of amides is 1. The van der Waals surface area contributed by atoms with E-state index in [1.807, 2.05) is 31.2 Å². The molecule has 2 aromatic carbocycles. The summed E-state index contributed by atoms with van der Waals surface area (Å²) >= 11 is 0. The minimum absolute atomic E-state index is 0.0831. The molecule has 0 spiro atoms. The SMILES string of the molecule is Cc1ccccc1COC(=O)[C@H](C)NC(=O)c1ccc(S(=O)(=O)N(C)C)cc1. The van der Waals surface area contributed by atoms with E-state index in [-0.39, 0.29) is 17.1 Å². The van der Waals surface area contributed by atoms with Crippen LogP contribution in [0, 0.1) is 6.92 Å². The molecule has 0 radical (unpaired) electrons. The summed E-state index contributed by atoms with van der Waals surface area (Å²) in [6.07, 6.45) is 0. The van der Waals surface area contributed by atoms with Crippen LogP contribution in [0.5, 0.6) is 0 Å². The smallest absolute Gasteiger partial charge is 0.328 e. The molecule has 0 aliphatic heterocycles. The van der Waals surface area contributed by atoms with Gasteiger partial charge in [0.05, 0.1) is 4.90 Å². The van der Waals surface area contributed by atoms with Crippen LogP contribution in [0.2, 0.25) is 0 Å². The molecule has 150 valence electrons. The van der Waals surface area contributed by atoms with Gasteiger partial charge in [-0.1, -0.05) is 24.3 Å². The van der Waals surface area contributed by atoms with E-state index >= 15 is 0 Å². The van der Waals surface area contributed by atoms with E-state index in [1.165, 1.54) is 45.3 Å². The molecule has 2 rings (SSSR count). The van der Waals surface area contributed by atoms with Gasteiger partial charge < -0.3 is 10.1 Å². The van der Waals surface area contributed by atoms with Crippen molar-refractivity contribution in [1.82, 2.24) is 9.62 Å². The quantitative estimate of drug-likeness (QED) is 0.714. The molecule has 0 saturated heterocycles. The highest BCUT2D eigenvalue weighted by Gasteiger charge is 2.20. The molecule has 0 saturated carbocycles. The van der Waals surface area contributed by atoms with Crippen molar-refractivity contribution in [1.29, 1.82) is 0 Å². The van der Waals surface area contributed by atoms with Crippen LogP contribution in [0.4, 0.5) is 0 Å². The van der Waals surface area contributed by atoms with E-state index in [4.69, 9.17) is 4.74 Å². The third-order valence-corrected chi connectivity index (χ3v) is 6.06. The molecule has 0 heterocycles. The van der Waals surface area contributed by atoms with Crippen molar-refractivity contribution in [3.05, 3.63) is 65.2 Å². The lowest BCUT2D eigenvalue weighted by molar-refractivity contribution is -0.146. The van der Waals surface area contributed by atoms with Gasteiger partial charge in [0.1, 0.15) is 12.6 Å². The van der Waals surface area contributed by atoms with Crippen LogP contribution < -0.4 is 5.32 Å². The number of carbonyl (C=O) groups excluding carboxylic acids is 2. The lowest BCUT2D eigenvalue weighted by Crippen LogP contribution is -2.39. The van der Waals surface area contributed by atoms with Crippen LogP contribution in [0.25, 0.3) is 0 Å². The number of hydrogen-bond donors (Lipinski definition) is 1. The average molecular weight is 404 g/mol. The van der Waals surface area contributed by atoms with Crippen LogP contribution in [-0.2, 0) is 26.2 Å². The first-order valence-electron chi connectivity index (χ1n) is 8.67. The number of ether oxygens (including phenoxy) is 1. The highest BCUT2D eigenvalue weighted by atomic mass is 32.2. The number of sulfonamides is 1. The van der Waals surface area contributed by atoms with Gasteiger partial charge in [-0.3, -0.25) is 4.79 Å². The van der Waals surface area contributed by atoms with E-state index in [0.29, 0.717) is 0 Å². The summed E-state index contributed by atoms with van der Waals surface area (Å²) in [5, 5.41) is 2.55. The number of benzene rings is 2. The first kappa shape index (κ1) is 21.6. The van der Waals surface area contributed by atoms with Gasteiger partial charge in [-0.2, -0.15) is 0 Å². The Morgan fingerprint density at radius 1 is 1.07 bits per heavy atom. The minimum Gasteiger partial charge on any atom is -0.459 e. The lowest BCUT2D eigenvalue weighted by atomic mass is 10.1. The second-order valence-corrected chi connectivity index (χ2v) is 8.69. The van der Waals surface area contributed by atoms with Crippen LogP contribution in [0.1, 0.15) is 28.4 Å². The van der Waals surface area contributed by atoms with E-state index in [2.05, 4.69) is 5.32 Å². The standard InChI is InChI=1S/C20H24N2O5S/c1-14-7-5-6-8-17(14)13-27-20(24)15(2)21-19(23)16-9-11-18(12-10-16)28(25,26)22(3)4/h5-12,15H,13H2,1-4H3,(H,21,23)/t15-/m0/s1. The second kappa shape index (κ2) is 8.99. The van der Waals surface area contributed by atoms with Gasteiger partial charge in [0.15, 0.2) is 0 Å². The Hall–Kier alpha value is -2.71. The van der Waals surface area contributed by atoms with Crippen molar-refractivity contribution < 1.29 is 22.7 Å². The maximum absolute atomic E-state index is 12.3. The molecule has 0 aliphatic carbocycles. The van der Waals surface area contributed by atoms with Crippen molar-refractivity contribution in [2.24, 2.45) is 0 Å². The molecule has 7 nitrogen and oxygen atoms in total. The summed E-state index contributed by atoms with van der Waals surface area (Å²) in [6.45, 7) is 3.58. The number of carbonyl (C=O) groups is 2. The van der Waals surface area contributed by atoms with E-state index in [9.17, 15) is 18.0 Å². The molecule has 1 amide bonds. The maximum atomic E-state index is 12.3. The van der Waals surface area contributed by atoms with Crippen LogP contribution in [0.15, 0.2) is 53.4 Å². The molecule has 0 aromatic heterocycles. The molecular weight excluding hydrogens is 380 g/mol. The predicted octanol–water partition coefficient (Wildman–Crippen LogP) is 2.11. The zero-order valence-electron chi connectivity index (χ0n) is 16.3. The predicted molar refractivity (Wildman–Crippen MR) is 105 cm³/mol. The Labute approximate surface area is 165 Å². The molecule has 8 heteroatoms. The van der Waals surface area contributed by atoms with Gasteiger partial charge in [0.25, 0.3) is 5.91 Å². The summed E-state index contributed by atoms with van der Waals surface area (Å²) in [5.74, 6) is -1.04. The summed E-state index contributed by atoms with van der Waals surface area (Å²) in [6, 6.07) is 12.2. The molecule has 28 heavy (non-hydrogen) atoms. The van der Waals surface area contributed by atoms with E-state index in [0.717, 1.165) is 15.4 Å². The zero-order valence-corrected chi connectivity index (χ0v) is 17.1. The summed E-state index contributed by atoms with van der Waals surface area (Å²) in [4.78, 5) is 24.5. The maximum Gasteiger partial charge on any atom is 0.328 e. The number of nitrogens with one attached hydrogen (secondary N) is 1. The topological polar surface area (TPSA) is 92.8 Å². The lowest BCUT2D eigenvalue weighted by Gasteiger charge is -2.15. The fraction of sp³-hybridized carbons (Fsp3) is 0.300. The molecule has 1 atom stereocenters. The Morgan fingerprint density at radius 3 is 2.25 bits per heavy atom. The van der Waals surface area contributed by atoms with Crippen LogP contribution in [0.3, 0.4) is 0 Å². The van der Waals surface area contributed by atoms with Crippen LogP contribution in [-0.4, -0.2) is 44.7 Å². The first-order chi connectivity index (χ1) is 13.1. The van der Waals surface area contributed by atoms with Gasteiger partial charge in [0.2, 0.25) is 10.0 Å². The van der Waals surface area contributed by atoms with Gasteiger partial charge in [0, 0.05) is 19.7 Å². The normalized spacial score (nSPS) is 12.5. The summed E-state index contributed by atoms with van der Waals surface area (Å²) in [7, 11) is -0.704. The second-order valence-electron chi connectivity index (χ2n) is 6.54. The average Bonchev–Trinajstić information content (AvgIpc) is 2.66. The number of nitrogens with zero attached hydrogens (tertiary/aromatic N) is 1.